The molecule has 7 nitrogen and oxygen atoms in total. The second-order valence-electron chi connectivity index (χ2n) is 5.20. The highest BCUT2D eigenvalue weighted by Crippen LogP contribution is 2.24. The Labute approximate surface area is 153 Å². The number of nitrogens with one attached hydrogen (secondary N) is 1. The maximum absolute atomic E-state index is 13.2. The van der Waals surface area contributed by atoms with Crippen molar-refractivity contribution >= 4 is 45.2 Å². The normalized spacial score (nSPS) is 11.5. The van der Waals surface area contributed by atoms with Crippen LogP contribution in [0.3, 0.4) is 0 Å². The van der Waals surface area contributed by atoms with Gasteiger partial charge in [-0.25, -0.2) is 0 Å². The number of carbonyl (C=O) groups excluding carboxylic acids is 1. The van der Waals surface area contributed by atoms with Crippen molar-refractivity contribution in [3.63, 3.8) is 0 Å². The molecule has 0 unspecified atom stereocenters. The van der Waals surface area contributed by atoms with E-state index < -0.39 is 25.9 Å². The number of rotatable bonds is 5. The van der Waals surface area contributed by atoms with Crippen molar-refractivity contribution in [3.05, 3.63) is 68.7 Å². The number of nitro groups is 1. The number of anilines is 1. The fourth-order valence-electron chi connectivity index (χ4n) is 2.05. The summed E-state index contributed by atoms with van der Waals surface area (Å²) < 4.78 is 35.3. The number of aryl methyl sites for hydroxylation is 1. The van der Waals surface area contributed by atoms with E-state index in [9.17, 15) is 27.2 Å². The highest BCUT2D eigenvalue weighted by Gasteiger charge is 2.16. The van der Waals surface area contributed by atoms with Crippen molar-refractivity contribution in [1.82, 2.24) is 0 Å². The van der Waals surface area contributed by atoms with Crippen LogP contribution in [0.1, 0.15) is 11.1 Å². The van der Waals surface area contributed by atoms with Crippen molar-refractivity contribution < 1.29 is 22.0 Å². The van der Waals surface area contributed by atoms with Crippen molar-refractivity contribution in [3.8, 4) is 0 Å². The van der Waals surface area contributed by atoms with Gasteiger partial charge in [0.15, 0.2) is 0 Å². The topological polar surface area (TPSA) is 106 Å². The number of nitrogens with zero attached hydrogens (tertiary/aromatic N) is 1. The minimum absolute atomic E-state index is 0.0874. The summed E-state index contributed by atoms with van der Waals surface area (Å²) >= 11 is 5.91. The molecule has 0 aliphatic heterocycles. The molecule has 10 heteroatoms. The molecule has 2 aromatic rings. The molecule has 0 spiro atoms. The van der Waals surface area contributed by atoms with Crippen LogP contribution >= 0.6 is 11.6 Å². The van der Waals surface area contributed by atoms with Gasteiger partial charge in [-0.05, 0) is 42.3 Å². The van der Waals surface area contributed by atoms with Crippen molar-refractivity contribution in [1.29, 1.82) is 0 Å². The van der Waals surface area contributed by atoms with Gasteiger partial charge in [0.25, 0.3) is 5.69 Å². The van der Waals surface area contributed by atoms with Crippen LogP contribution in [-0.2, 0) is 15.0 Å². The minimum atomic E-state index is -4.91. The third-order valence-electron chi connectivity index (χ3n) is 3.33. The molecule has 1 N–H and O–H groups in total. The van der Waals surface area contributed by atoms with Crippen LogP contribution in [0.2, 0.25) is 5.02 Å². The lowest BCUT2D eigenvalue weighted by Crippen LogP contribution is -2.08. The monoisotopic (exact) mass is 398 g/mol. The predicted molar refractivity (Wildman–Crippen MR) is 95.2 cm³/mol. The molecule has 0 bridgehead atoms. The first-order valence-electron chi connectivity index (χ1n) is 7.06. The molecular formula is C16H12ClFN2O5S. The predicted octanol–water partition coefficient (Wildman–Crippen LogP) is 3.87. The number of hydrogen-bond acceptors (Lipinski definition) is 5. The van der Waals surface area contributed by atoms with Crippen LogP contribution in [0.15, 0.2) is 47.4 Å². The molecular weight excluding hydrogens is 387 g/mol. The molecule has 0 atom stereocenters. The number of halogens is 2. The average Bonchev–Trinajstić information content (AvgIpc) is 2.54. The second kappa shape index (κ2) is 7.63. The zero-order valence-corrected chi connectivity index (χ0v) is 14.8. The summed E-state index contributed by atoms with van der Waals surface area (Å²) in [7, 11) is -4.91. The van der Waals surface area contributed by atoms with Gasteiger partial charge in [0.05, 0.1) is 9.95 Å². The van der Waals surface area contributed by atoms with Crippen LogP contribution in [0.25, 0.3) is 6.08 Å². The van der Waals surface area contributed by atoms with Gasteiger partial charge in [-0.2, -0.15) is 8.42 Å². The molecule has 2 aromatic carbocycles. The van der Waals surface area contributed by atoms with E-state index in [0.29, 0.717) is 5.56 Å². The molecule has 0 radical (unpaired) electrons. The molecule has 0 aliphatic carbocycles. The van der Waals surface area contributed by atoms with Crippen LogP contribution in [0, 0.1) is 17.0 Å². The zero-order chi connectivity index (χ0) is 19.5. The number of amides is 1. The first kappa shape index (κ1) is 19.5. The molecule has 0 aromatic heterocycles. The van der Waals surface area contributed by atoms with E-state index in [-0.39, 0.29) is 22.0 Å². The summed E-state index contributed by atoms with van der Waals surface area (Å²) in [6, 6.07) is 7.56. The first-order chi connectivity index (χ1) is 12.1. The Morgan fingerprint density at radius 1 is 1.27 bits per heavy atom. The molecule has 0 fully saturated rings. The fraction of sp³-hybridized carbons (Fsp3) is 0.0625. The molecule has 0 saturated carbocycles. The van der Waals surface area contributed by atoms with Crippen LogP contribution in [0.4, 0.5) is 15.3 Å². The number of non-ortho nitro benzene ring substituents is 1. The third-order valence-corrected chi connectivity index (χ3v) is 4.62. The van der Waals surface area contributed by atoms with Crippen LogP contribution < -0.4 is 5.32 Å². The summed E-state index contributed by atoms with van der Waals surface area (Å²) in [4.78, 5) is 21.4. The Balaban J connectivity index is 2.17. The number of benzene rings is 2. The molecule has 0 saturated heterocycles. The van der Waals surface area contributed by atoms with Crippen molar-refractivity contribution in [2.24, 2.45) is 0 Å². The number of hydrogen-bond donors (Lipinski definition) is 1. The summed E-state index contributed by atoms with van der Waals surface area (Å²) in [5.41, 5.74) is 0.495. The Kier molecular flexibility index (Phi) is 5.73. The molecule has 0 aliphatic rings. The van der Waals surface area contributed by atoms with Crippen molar-refractivity contribution in [2.75, 3.05) is 5.32 Å². The van der Waals surface area contributed by atoms with E-state index in [1.54, 1.807) is 0 Å². The molecule has 1 amide bonds. The number of nitro benzene ring substituents is 1. The van der Waals surface area contributed by atoms with Crippen LogP contribution in [-0.4, -0.2) is 19.2 Å². The standard InChI is InChI=1S/C16H12ClFN2O5S/c1-10-2-5-12(8-15(10)26(18,24)25)19-16(21)7-4-11-3-6-13(20(22)23)9-14(11)17/h2-9H,1H3,(H,19,21). The largest absolute Gasteiger partial charge is 0.332 e. The Morgan fingerprint density at radius 2 is 1.96 bits per heavy atom. The minimum Gasteiger partial charge on any atom is -0.322 e. The molecule has 2 rings (SSSR count). The lowest BCUT2D eigenvalue weighted by atomic mass is 10.2. The summed E-state index contributed by atoms with van der Waals surface area (Å²) in [5, 5.41) is 13.1. The van der Waals surface area contributed by atoms with Gasteiger partial charge in [0.1, 0.15) is 4.90 Å². The maximum Gasteiger partial charge on any atom is 0.332 e. The Hall–Kier alpha value is -2.78. The van der Waals surface area contributed by atoms with Gasteiger partial charge in [0.2, 0.25) is 5.91 Å². The molecule has 136 valence electrons. The van der Waals surface area contributed by atoms with Gasteiger partial charge >= 0.3 is 10.2 Å². The summed E-state index contributed by atoms with van der Waals surface area (Å²) in [5.74, 6) is -0.620. The van der Waals surface area contributed by atoms with Gasteiger partial charge in [-0.3, -0.25) is 14.9 Å². The van der Waals surface area contributed by atoms with Gasteiger partial charge in [-0.1, -0.05) is 17.7 Å². The van der Waals surface area contributed by atoms with Crippen molar-refractivity contribution in [2.45, 2.75) is 11.8 Å². The Morgan fingerprint density at radius 3 is 2.54 bits per heavy atom. The smallest absolute Gasteiger partial charge is 0.322 e. The van der Waals surface area contributed by atoms with Gasteiger partial charge < -0.3 is 5.32 Å². The van der Waals surface area contributed by atoms with E-state index in [0.717, 1.165) is 18.2 Å². The van der Waals surface area contributed by atoms with E-state index in [2.05, 4.69) is 5.32 Å². The molecule has 0 heterocycles. The SMILES string of the molecule is Cc1ccc(NC(=O)C=Cc2ccc([N+](=O)[O-])cc2Cl)cc1S(=O)(=O)F. The quantitative estimate of drug-likeness (QED) is 0.356. The highest BCUT2D eigenvalue weighted by atomic mass is 35.5. The Bertz CT molecular complexity index is 1020. The summed E-state index contributed by atoms with van der Waals surface area (Å²) in [6.45, 7) is 1.43. The lowest BCUT2D eigenvalue weighted by molar-refractivity contribution is -0.384. The van der Waals surface area contributed by atoms with E-state index in [1.165, 1.54) is 37.3 Å². The second-order valence-corrected chi connectivity index (χ2v) is 6.93. The molecule has 26 heavy (non-hydrogen) atoms. The van der Waals surface area contributed by atoms with E-state index >= 15 is 0 Å². The fourth-order valence-corrected chi connectivity index (χ4v) is 3.01. The number of carbonyl (C=O) groups is 1. The lowest BCUT2D eigenvalue weighted by Gasteiger charge is -2.06. The van der Waals surface area contributed by atoms with Crippen LogP contribution in [0.5, 0.6) is 0 Å². The average molecular weight is 399 g/mol. The first-order valence-corrected chi connectivity index (χ1v) is 8.82. The van der Waals surface area contributed by atoms with Gasteiger partial charge in [-0.15, -0.1) is 3.89 Å². The highest BCUT2D eigenvalue weighted by molar-refractivity contribution is 7.86. The van der Waals surface area contributed by atoms with Gasteiger partial charge in [0, 0.05) is 23.9 Å². The van der Waals surface area contributed by atoms with E-state index in [1.807, 2.05) is 0 Å². The maximum atomic E-state index is 13.2. The van der Waals surface area contributed by atoms with E-state index in [4.69, 9.17) is 11.6 Å². The zero-order valence-electron chi connectivity index (χ0n) is 13.3. The third kappa shape index (κ3) is 4.87. The summed E-state index contributed by atoms with van der Waals surface area (Å²) in [6.07, 6.45) is 2.44.